The lowest BCUT2D eigenvalue weighted by Gasteiger charge is -2.24. The molecule has 1 heterocycles. The zero-order valence-electron chi connectivity index (χ0n) is 9.90. The summed E-state index contributed by atoms with van der Waals surface area (Å²) in [6.45, 7) is 0.780. The van der Waals surface area contributed by atoms with Crippen molar-refractivity contribution >= 4 is 17.5 Å². The van der Waals surface area contributed by atoms with E-state index in [0.29, 0.717) is 24.9 Å². The summed E-state index contributed by atoms with van der Waals surface area (Å²) < 4.78 is 0. The van der Waals surface area contributed by atoms with Gasteiger partial charge in [0.2, 0.25) is 11.8 Å². The molecule has 0 unspecified atom stereocenters. The van der Waals surface area contributed by atoms with E-state index >= 15 is 0 Å². The molecule has 0 spiro atoms. The molecular formula is C13H16N2O2. The Balaban J connectivity index is 2.20. The SMILES string of the molecule is CNCc1ccc(N2C(=O)CCCC2=O)cc1. The molecule has 1 N–H and O–H groups in total. The van der Waals surface area contributed by atoms with Gasteiger partial charge in [-0.25, -0.2) is 0 Å². The van der Waals surface area contributed by atoms with Gasteiger partial charge in [-0.1, -0.05) is 12.1 Å². The van der Waals surface area contributed by atoms with Crippen LogP contribution in [0.1, 0.15) is 24.8 Å². The number of anilines is 1. The fourth-order valence-electron chi connectivity index (χ4n) is 2.01. The number of piperidine rings is 1. The van der Waals surface area contributed by atoms with Crippen molar-refractivity contribution in [2.45, 2.75) is 25.8 Å². The lowest BCUT2D eigenvalue weighted by atomic mass is 10.1. The highest BCUT2D eigenvalue weighted by atomic mass is 16.2. The lowest BCUT2D eigenvalue weighted by molar-refractivity contribution is -0.129. The van der Waals surface area contributed by atoms with E-state index in [9.17, 15) is 9.59 Å². The second kappa shape index (κ2) is 5.10. The first-order chi connectivity index (χ1) is 8.22. The molecular weight excluding hydrogens is 216 g/mol. The average Bonchev–Trinajstić information content (AvgIpc) is 2.31. The van der Waals surface area contributed by atoms with Crippen molar-refractivity contribution in [3.8, 4) is 0 Å². The summed E-state index contributed by atoms with van der Waals surface area (Å²) in [7, 11) is 1.88. The number of carbonyl (C=O) groups is 2. The Morgan fingerprint density at radius 2 is 1.71 bits per heavy atom. The summed E-state index contributed by atoms with van der Waals surface area (Å²) >= 11 is 0. The van der Waals surface area contributed by atoms with Gasteiger partial charge in [0.05, 0.1) is 5.69 Å². The number of benzene rings is 1. The normalized spacial score (nSPS) is 16.4. The number of hydrogen-bond donors (Lipinski definition) is 1. The van der Waals surface area contributed by atoms with Crippen LogP contribution in [-0.4, -0.2) is 18.9 Å². The van der Waals surface area contributed by atoms with Crippen LogP contribution in [0.5, 0.6) is 0 Å². The van der Waals surface area contributed by atoms with Crippen molar-refractivity contribution in [2.75, 3.05) is 11.9 Å². The van der Waals surface area contributed by atoms with Gasteiger partial charge in [0.15, 0.2) is 0 Å². The Bertz CT molecular complexity index is 410. The molecule has 4 nitrogen and oxygen atoms in total. The molecule has 1 aromatic carbocycles. The predicted octanol–water partition coefficient (Wildman–Crippen LogP) is 1.45. The fourth-order valence-corrected chi connectivity index (χ4v) is 2.01. The summed E-state index contributed by atoms with van der Waals surface area (Å²) in [6, 6.07) is 7.52. The zero-order valence-corrected chi connectivity index (χ0v) is 9.90. The van der Waals surface area contributed by atoms with Gasteiger partial charge >= 0.3 is 0 Å². The molecule has 1 saturated heterocycles. The second-order valence-electron chi connectivity index (χ2n) is 4.17. The molecule has 0 bridgehead atoms. The van der Waals surface area contributed by atoms with Crippen LogP contribution in [0.15, 0.2) is 24.3 Å². The first-order valence-corrected chi connectivity index (χ1v) is 5.81. The van der Waals surface area contributed by atoms with Gasteiger partial charge in [-0.15, -0.1) is 0 Å². The third-order valence-corrected chi connectivity index (χ3v) is 2.86. The molecule has 90 valence electrons. The minimum Gasteiger partial charge on any atom is -0.316 e. The van der Waals surface area contributed by atoms with Crippen molar-refractivity contribution in [3.63, 3.8) is 0 Å². The molecule has 4 heteroatoms. The lowest BCUT2D eigenvalue weighted by Crippen LogP contribution is -2.40. The van der Waals surface area contributed by atoms with E-state index in [1.807, 2.05) is 31.3 Å². The molecule has 0 aliphatic carbocycles. The minimum atomic E-state index is -0.0948. The quantitative estimate of drug-likeness (QED) is 0.802. The highest BCUT2D eigenvalue weighted by Gasteiger charge is 2.26. The molecule has 0 aromatic heterocycles. The van der Waals surface area contributed by atoms with Crippen LogP contribution < -0.4 is 10.2 Å². The number of imide groups is 1. The monoisotopic (exact) mass is 232 g/mol. The largest absolute Gasteiger partial charge is 0.316 e. The zero-order chi connectivity index (χ0) is 12.3. The average molecular weight is 232 g/mol. The Kier molecular flexibility index (Phi) is 3.54. The first-order valence-electron chi connectivity index (χ1n) is 5.81. The van der Waals surface area contributed by atoms with Crippen molar-refractivity contribution in [3.05, 3.63) is 29.8 Å². The third-order valence-electron chi connectivity index (χ3n) is 2.86. The number of amides is 2. The van der Waals surface area contributed by atoms with Crippen molar-refractivity contribution in [1.29, 1.82) is 0 Å². The van der Waals surface area contributed by atoms with Crippen LogP contribution in [0.3, 0.4) is 0 Å². The molecule has 0 radical (unpaired) electrons. The van der Waals surface area contributed by atoms with Gasteiger partial charge in [-0.2, -0.15) is 0 Å². The fraction of sp³-hybridized carbons (Fsp3) is 0.385. The Morgan fingerprint density at radius 1 is 1.12 bits per heavy atom. The number of rotatable bonds is 3. The third kappa shape index (κ3) is 2.53. The van der Waals surface area contributed by atoms with Crippen LogP contribution in [0.25, 0.3) is 0 Å². The predicted molar refractivity (Wildman–Crippen MR) is 65.5 cm³/mol. The van der Waals surface area contributed by atoms with E-state index in [4.69, 9.17) is 0 Å². The van der Waals surface area contributed by atoms with Crippen molar-refractivity contribution in [2.24, 2.45) is 0 Å². The maximum absolute atomic E-state index is 11.7. The van der Waals surface area contributed by atoms with E-state index in [-0.39, 0.29) is 11.8 Å². The van der Waals surface area contributed by atoms with Gasteiger partial charge in [-0.05, 0) is 31.2 Å². The smallest absolute Gasteiger partial charge is 0.233 e. The molecule has 2 rings (SSSR count). The Morgan fingerprint density at radius 3 is 2.24 bits per heavy atom. The van der Waals surface area contributed by atoms with E-state index in [1.54, 1.807) is 0 Å². The van der Waals surface area contributed by atoms with Gasteiger partial charge < -0.3 is 5.32 Å². The number of nitrogens with zero attached hydrogens (tertiary/aromatic N) is 1. The van der Waals surface area contributed by atoms with Crippen molar-refractivity contribution < 1.29 is 9.59 Å². The van der Waals surface area contributed by atoms with E-state index in [2.05, 4.69) is 5.32 Å². The topological polar surface area (TPSA) is 49.4 Å². The number of hydrogen-bond acceptors (Lipinski definition) is 3. The van der Waals surface area contributed by atoms with Crippen molar-refractivity contribution in [1.82, 2.24) is 5.32 Å². The minimum absolute atomic E-state index is 0.0948. The summed E-state index contributed by atoms with van der Waals surface area (Å²) in [5.74, 6) is -0.190. The highest BCUT2D eigenvalue weighted by Crippen LogP contribution is 2.22. The Labute approximate surface area is 101 Å². The molecule has 0 atom stereocenters. The van der Waals surface area contributed by atoms with E-state index in [1.165, 1.54) is 4.90 Å². The standard InChI is InChI=1S/C13H16N2O2/c1-14-9-10-5-7-11(8-6-10)15-12(16)3-2-4-13(15)17/h5-8,14H,2-4,9H2,1H3. The van der Waals surface area contributed by atoms with Gasteiger partial charge in [0.25, 0.3) is 0 Å². The van der Waals surface area contributed by atoms with E-state index in [0.717, 1.165) is 12.1 Å². The van der Waals surface area contributed by atoms with Gasteiger partial charge in [0.1, 0.15) is 0 Å². The van der Waals surface area contributed by atoms with Gasteiger partial charge in [0, 0.05) is 19.4 Å². The molecule has 1 fully saturated rings. The second-order valence-corrected chi connectivity index (χ2v) is 4.17. The number of nitrogens with one attached hydrogen (secondary N) is 1. The maximum atomic E-state index is 11.7. The molecule has 17 heavy (non-hydrogen) atoms. The van der Waals surface area contributed by atoms with Crippen LogP contribution in [0.2, 0.25) is 0 Å². The summed E-state index contributed by atoms with van der Waals surface area (Å²) in [6.07, 6.45) is 1.60. The summed E-state index contributed by atoms with van der Waals surface area (Å²) in [5, 5.41) is 3.05. The summed E-state index contributed by atoms with van der Waals surface area (Å²) in [4.78, 5) is 24.7. The molecule has 2 amide bonds. The molecule has 1 aliphatic rings. The number of carbonyl (C=O) groups excluding carboxylic acids is 2. The van der Waals surface area contributed by atoms with Crippen LogP contribution in [-0.2, 0) is 16.1 Å². The van der Waals surface area contributed by atoms with Crippen LogP contribution in [0.4, 0.5) is 5.69 Å². The molecule has 1 aromatic rings. The summed E-state index contributed by atoms with van der Waals surface area (Å²) in [5.41, 5.74) is 1.81. The van der Waals surface area contributed by atoms with Gasteiger partial charge in [-0.3, -0.25) is 14.5 Å². The Hall–Kier alpha value is -1.68. The molecule has 1 aliphatic heterocycles. The van der Waals surface area contributed by atoms with Crippen LogP contribution >= 0.6 is 0 Å². The first kappa shape index (κ1) is 11.8. The van der Waals surface area contributed by atoms with Crippen LogP contribution in [0, 0.1) is 0 Å². The maximum Gasteiger partial charge on any atom is 0.233 e. The van der Waals surface area contributed by atoms with E-state index < -0.39 is 0 Å². The molecule has 0 saturated carbocycles. The highest BCUT2D eigenvalue weighted by molar-refractivity contribution is 6.16.